The summed E-state index contributed by atoms with van der Waals surface area (Å²) in [7, 11) is 1.73. The minimum absolute atomic E-state index is 0.0889. The summed E-state index contributed by atoms with van der Waals surface area (Å²) in [5.74, 6) is 0.743. The highest BCUT2D eigenvalue weighted by molar-refractivity contribution is 5.79. The van der Waals surface area contributed by atoms with Gasteiger partial charge in [0, 0.05) is 63.4 Å². The van der Waals surface area contributed by atoms with Crippen LogP contribution in [0.5, 0.6) is 0 Å². The number of hydrogen-bond acceptors (Lipinski definition) is 4. The van der Waals surface area contributed by atoms with Crippen LogP contribution in [0.1, 0.15) is 0 Å². The van der Waals surface area contributed by atoms with Crippen molar-refractivity contribution in [2.45, 2.75) is 6.54 Å². The van der Waals surface area contributed by atoms with Gasteiger partial charge in [-0.3, -0.25) is 15.1 Å². The minimum Gasteiger partial charge on any atom is -0.383 e. The number of non-ortho nitro benzene ring substituents is 1. The quantitative estimate of drug-likeness (QED) is 0.225. The first-order chi connectivity index (χ1) is 11.7. The molecule has 0 aliphatic heterocycles. The first kappa shape index (κ1) is 17.3. The van der Waals surface area contributed by atoms with Gasteiger partial charge in [-0.25, -0.2) is 0 Å². The summed E-state index contributed by atoms with van der Waals surface area (Å²) in [5.41, 5.74) is 0.934. The highest BCUT2D eigenvalue weighted by Crippen LogP contribution is 2.14. The highest BCUT2D eigenvalue weighted by atomic mass is 16.6. The third kappa shape index (κ3) is 5.64. The summed E-state index contributed by atoms with van der Waals surface area (Å²) in [6, 6.07) is 10.4. The van der Waals surface area contributed by atoms with E-state index in [4.69, 9.17) is 0 Å². The van der Waals surface area contributed by atoms with Crippen LogP contribution in [0.2, 0.25) is 0 Å². The molecule has 0 saturated carbocycles. The van der Waals surface area contributed by atoms with Crippen molar-refractivity contribution >= 4 is 17.3 Å². The number of nitrogens with one attached hydrogen (secondary N) is 3. The Kier molecular flexibility index (Phi) is 6.63. The van der Waals surface area contributed by atoms with E-state index in [1.165, 1.54) is 12.1 Å². The summed E-state index contributed by atoms with van der Waals surface area (Å²) < 4.78 is 2.09. The first-order valence-corrected chi connectivity index (χ1v) is 7.72. The zero-order valence-electron chi connectivity index (χ0n) is 13.6. The lowest BCUT2D eigenvalue weighted by atomic mass is 10.3. The molecule has 0 amide bonds. The molecule has 1 aromatic heterocycles. The van der Waals surface area contributed by atoms with Gasteiger partial charge in [-0.1, -0.05) is 0 Å². The molecule has 8 nitrogen and oxygen atoms in total. The van der Waals surface area contributed by atoms with Gasteiger partial charge in [0.05, 0.1) is 4.92 Å². The average molecular weight is 330 g/mol. The van der Waals surface area contributed by atoms with E-state index in [2.05, 4.69) is 25.5 Å². The lowest BCUT2D eigenvalue weighted by Crippen LogP contribution is -2.40. The molecule has 0 fully saturated rings. The van der Waals surface area contributed by atoms with E-state index >= 15 is 0 Å². The number of benzene rings is 1. The largest absolute Gasteiger partial charge is 0.383 e. The number of nitrogens with zero attached hydrogens (tertiary/aromatic N) is 3. The van der Waals surface area contributed by atoms with Crippen molar-refractivity contribution in [2.24, 2.45) is 4.99 Å². The maximum atomic E-state index is 10.6. The van der Waals surface area contributed by atoms with E-state index in [0.29, 0.717) is 13.1 Å². The molecular weight excluding hydrogens is 308 g/mol. The molecule has 2 aromatic rings. The Morgan fingerprint density at radius 3 is 2.42 bits per heavy atom. The van der Waals surface area contributed by atoms with Crippen LogP contribution in [0.4, 0.5) is 11.4 Å². The van der Waals surface area contributed by atoms with E-state index < -0.39 is 4.92 Å². The monoisotopic (exact) mass is 330 g/mol. The van der Waals surface area contributed by atoms with Crippen molar-refractivity contribution in [1.29, 1.82) is 0 Å². The summed E-state index contributed by atoms with van der Waals surface area (Å²) in [4.78, 5) is 14.4. The van der Waals surface area contributed by atoms with Gasteiger partial charge >= 0.3 is 0 Å². The Labute approximate surface area is 140 Å². The number of nitro groups is 1. The Morgan fingerprint density at radius 2 is 1.79 bits per heavy atom. The number of rotatable bonds is 8. The Hall–Kier alpha value is -3.03. The molecular formula is C16H22N6O2. The summed E-state index contributed by atoms with van der Waals surface area (Å²) in [6.07, 6.45) is 4.04. The molecule has 0 saturated heterocycles. The van der Waals surface area contributed by atoms with Crippen LogP contribution in [0.15, 0.2) is 53.8 Å². The van der Waals surface area contributed by atoms with Crippen molar-refractivity contribution in [3.8, 4) is 0 Å². The van der Waals surface area contributed by atoms with Gasteiger partial charge in [-0.05, 0) is 24.3 Å². The van der Waals surface area contributed by atoms with Gasteiger partial charge in [0.25, 0.3) is 5.69 Å². The van der Waals surface area contributed by atoms with Crippen LogP contribution in [-0.2, 0) is 6.54 Å². The topological polar surface area (TPSA) is 96.5 Å². The molecule has 1 heterocycles. The van der Waals surface area contributed by atoms with Crippen LogP contribution in [0.25, 0.3) is 0 Å². The first-order valence-electron chi connectivity index (χ1n) is 7.72. The fourth-order valence-corrected chi connectivity index (χ4v) is 2.13. The van der Waals surface area contributed by atoms with E-state index in [-0.39, 0.29) is 5.69 Å². The van der Waals surface area contributed by atoms with Crippen molar-refractivity contribution in [2.75, 3.05) is 32.0 Å². The second-order valence-electron chi connectivity index (χ2n) is 5.08. The zero-order valence-corrected chi connectivity index (χ0v) is 13.6. The number of anilines is 1. The molecule has 3 N–H and O–H groups in total. The molecule has 24 heavy (non-hydrogen) atoms. The fraction of sp³-hybridized carbons (Fsp3) is 0.312. The van der Waals surface area contributed by atoms with Crippen molar-refractivity contribution in [3.05, 3.63) is 58.9 Å². The van der Waals surface area contributed by atoms with Crippen LogP contribution in [-0.4, -0.2) is 42.1 Å². The van der Waals surface area contributed by atoms with E-state index in [9.17, 15) is 10.1 Å². The molecule has 0 bridgehead atoms. The van der Waals surface area contributed by atoms with Gasteiger partial charge < -0.3 is 20.5 Å². The summed E-state index contributed by atoms with van der Waals surface area (Å²) in [5, 5.41) is 20.2. The maximum Gasteiger partial charge on any atom is 0.269 e. The minimum atomic E-state index is -0.408. The fourth-order valence-electron chi connectivity index (χ4n) is 2.13. The van der Waals surface area contributed by atoms with E-state index in [0.717, 1.165) is 24.7 Å². The molecule has 128 valence electrons. The average Bonchev–Trinajstić information content (AvgIpc) is 3.10. The van der Waals surface area contributed by atoms with Crippen LogP contribution in [0.3, 0.4) is 0 Å². The molecule has 0 aliphatic rings. The zero-order chi connectivity index (χ0) is 17.2. The van der Waals surface area contributed by atoms with Gasteiger partial charge in [0.1, 0.15) is 0 Å². The third-order valence-corrected chi connectivity index (χ3v) is 3.38. The number of nitro benzene ring substituents is 1. The van der Waals surface area contributed by atoms with Crippen LogP contribution < -0.4 is 16.0 Å². The molecule has 0 unspecified atom stereocenters. The summed E-state index contributed by atoms with van der Waals surface area (Å²) >= 11 is 0. The predicted octanol–water partition coefficient (Wildman–Crippen LogP) is 1.67. The third-order valence-electron chi connectivity index (χ3n) is 3.38. The van der Waals surface area contributed by atoms with Crippen LogP contribution in [0, 0.1) is 10.1 Å². The maximum absolute atomic E-state index is 10.6. The molecule has 1 aromatic carbocycles. The van der Waals surface area contributed by atoms with Crippen molar-refractivity contribution < 1.29 is 4.92 Å². The Bertz CT molecular complexity index is 652. The number of guanidine groups is 1. The Balaban J connectivity index is 1.63. The van der Waals surface area contributed by atoms with E-state index in [1.54, 1.807) is 19.2 Å². The molecule has 8 heteroatoms. The molecule has 0 atom stereocenters. The highest BCUT2D eigenvalue weighted by Gasteiger charge is 2.03. The van der Waals surface area contributed by atoms with Gasteiger partial charge in [-0.2, -0.15) is 0 Å². The van der Waals surface area contributed by atoms with Gasteiger partial charge in [-0.15, -0.1) is 0 Å². The van der Waals surface area contributed by atoms with E-state index in [1.807, 2.05) is 24.5 Å². The van der Waals surface area contributed by atoms with Crippen LogP contribution >= 0.6 is 0 Å². The second kappa shape index (κ2) is 9.19. The standard InChI is InChI=1S/C16H22N6O2/c1-17-16(20-10-13-21-11-2-3-12-21)19-9-8-18-14-4-6-15(7-5-14)22(23)24/h2-7,11-12,18H,8-10,13H2,1H3,(H2,17,19,20). The lowest BCUT2D eigenvalue weighted by molar-refractivity contribution is -0.384. The van der Waals surface area contributed by atoms with Crippen molar-refractivity contribution in [3.63, 3.8) is 0 Å². The van der Waals surface area contributed by atoms with Crippen molar-refractivity contribution in [1.82, 2.24) is 15.2 Å². The smallest absolute Gasteiger partial charge is 0.269 e. The number of aromatic nitrogens is 1. The van der Waals surface area contributed by atoms with Gasteiger partial charge in [0.2, 0.25) is 0 Å². The molecule has 2 rings (SSSR count). The predicted molar refractivity (Wildman–Crippen MR) is 95.4 cm³/mol. The lowest BCUT2D eigenvalue weighted by Gasteiger charge is -2.13. The Morgan fingerprint density at radius 1 is 1.12 bits per heavy atom. The SMILES string of the molecule is CN=C(NCCNc1ccc([N+](=O)[O-])cc1)NCCn1cccc1. The summed E-state index contributed by atoms with van der Waals surface area (Å²) in [6.45, 7) is 3.01. The number of hydrogen-bond donors (Lipinski definition) is 3. The molecule has 0 spiro atoms. The number of aliphatic imine (C=N–C) groups is 1. The normalized spacial score (nSPS) is 11.1. The molecule has 0 radical (unpaired) electrons. The second-order valence-corrected chi connectivity index (χ2v) is 5.08. The molecule has 0 aliphatic carbocycles. The van der Waals surface area contributed by atoms with Gasteiger partial charge in [0.15, 0.2) is 5.96 Å².